The maximum Gasteiger partial charge on any atom is 0.353 e. The van der Waals surface area contributed by atoms with Gasteiger partial charge in [0.1, 0.15) is 12.1 Å². The first kappa shape index (κ1) is 20.9. The van der Waals surface area contributed by atoms with Gasteiger partial charge in [-0.2, -0.15) is 0 Å². The van der Waals surface area contributed by atoms with Gasteiger partial charge in [-0.15, -0.1) is 0 Å². The van der Waals surface area contributed by atoms with Crippen molar-refractivity contribution in [1.29, 1.82) is 0 Å². The lowest BCUT2D eigenvalue weighted by molar-refractivity contribution is -0.383. The molecule has 0 bridgehead atoms. The van der Waals surface area contributed by atoms with E-state index in [-0.39, 0.29) is 17.3 Å². The van der Waals surface area contributed by atoms with Crippen LogP contribution in [0.5, 0.6) is 5.75 Å². The monoisotopic (exact) mass is 452 g/mol. The molecule has 12 heteroatoms. The highest BCUT2D eigenvalue weighted by molar-refractivity contribution is 7.22. The van der Waals surface area contributed by atoms with E-state index in [9.17, 15) is 14.9 Å². The molecule has 0 saturated carbocycles. The number of carbonyl (C=O) groups excluding carboxylic acids is 1. The van der Waals surface area contributed by atoms with E-state index in [1.807, 2.05) is 6.07 Å². The highest BCUT2D eigenvalue weighted by atomic mass is 32.1. The lowest BCUT2D eigenvalue weighted by atomic mass is 10.2. The average molecular weight is 452 g/mol. The third kappa shape index (κ3) is 4.25. The van der Waals surface area contributed by atoms with Gasteiger partial charge in [0.2, 0.25) is 11.6 Å². The van der Waals surface area contributed by atoms with E-state index in [4.69, 9.17) is 4.74 Å². The molecular weight excluding hydrogens is 436 g/mol. The number of esters is 1. The van der Waals surface area contributed by atoms with Gasteiger partial charge in [0, 0.05) is 5.69 Å². The molecule has 0 atom stereocenters. The number of ether oxygens (including phenoxy) is 2. The smallest absolute Gasteiger partial charge is 0.353 e. The SMILES string of the molecule is COC(=O)c1ccc(Nc2ncnc(Nc3nc4ccc(OC)cc4s3)c2[N+](=O)[O-])cc1. The summed E-state index contributed by atoms with van der Waals surface area (Å²) in [6, 6.07) is 11.7. The van der Waals surface area contributed by atoms with Gasteiger partial charge in [-0.1, -0.05) is 11.3 Å². The minimum atomic E-state index is -0.580. The number of benzene rings is 2. The second-order valence-electron chi connectivity index (χ2n) is 6.35. The number of nitrogens with one attached hydrogen (secondary N) is 2. The standard InChI is InChI=1S/C20H16N6O5S/c1-30-13-7-8-14-15(9-13)32-20(24-14)25-18-16(26(28)29)17(21-10-22-18)23-12-5-3-11(4-6-12)19(27)31-2/h3-10H,1-2H3,(H2,21,22,23,24,25). The van der Waals surface area contributed by atoms with E-state index in [0.29, 0.717) is 22.1 Å². The highest BCUT2D eigenvalue weighted by Crippen LogP contribution is 2.36. The largest absolute Gasteiger partial charge is 0.497 e. The number of nitrogens with zero attached hydrogens (tertiary/aromatic N) is 4. The first-order valence-electron chi connectivity index (χ1n) is 9.15. The van der Waals surface area contributed by atoms with Crippen molar-refractivity contribution in [3.63, 3.8) is 0 Å². The summed E-state index contributed by atoms with van der Waals surface area (Å²) in [7, 11) is 2.86. The number of hydrogen-bond donors (Lipinski definition) is 2. The zero-order valence-electron chi connectivity index (χ0n) is 16.9. The molecule has 2 aromatic carbocycles. The van der Waals surface area contributed by atoms with E-state index in [1.54, 1.807) is 31.4 Å². The number of hydrogen-bond acceptors (Lipinski definition) is 11. The maximum absolute atomic E-state index is 11.8. The van der Waals surface area contributed by atoms with Crippen molar-refractivity contribution in [3.05, 3.63) is 64.5 Å². The Labute approximate surface area is 185 Å². The molecule has 0 spiro atoms. The van der Waals surface area contributed by atoms with Crippen molar-refractivity contribution in [1.82, 2.24) is 15.0 Å². The van der Waals surface area contributed by atoms with Crippen LogP contribution in [0.25, 0.3) is 10.2 Å². The molecule has 4 aromatic rings. The number of nitro groups is 1. The number of rotatable bonds is 7. The van der Waals surface area contributed by atoms with Crippen LogP contribution in [0, 0.1) is 10.1 Å². The van der Waals surface area contributed by atoms with E-state index < -0.39 is 10.9 Å². The Morgan fingerprint density at radius 3 is 2.44 bits per heavy atom. The van der Waals surface area contributed by atoms with Crippen LogP contribution in [0.1, 0.15) is 10.4 Å². The summed E-state index contributed by atoms with van der Waals surface area (Å²) in [5.74, 6) is 0.181. The number of aromatic nitrogens is 3. The molecule has 0 aliphatic heterocycles. The molecule has 0 unspecified atom stereocenters. The van der Waals surface area contributed by atoms with Crippen molar-refractivity contribution in [2.45, 2.75) is 0 Å². The van der Waals surface area contributed by atoms with Gasteiger partial charge in [-0.25, -0.2) is 19.7 Å². The zero-order valence-corrected chi connectivity index (χ0v) is 17.7. The molecule has 2 N–H and O–H groups in total. The second-order valence-corrected chi connectivity index (χ2v) is 7.38. The predicted octanol–water partition coefficient (Wildman–Crippen LogP) is 4.28. The fourth-order valence-electron chi connectivity index (χ4n) is 2.87. The first-order chi connectivity index (χ1) is 15.5. The van der Waals surface area contributed by atoms with Crippen LogP contribution in [0.15, 0.2) is 48.8 Å². The summed E-state index contributed by atoms with van der Waals surface area (Å²) in [6.07, 6.45) is 1.21. The Balaban J connectivity index is 1.63. The van der Waals surface area contributed by atoms with Gasteiger partial charge in [0.15, 0.2) is 5.13 Å². The Bertz CT molecular complexity index is 1310. The van der Waals surface area contributed by atoms with E-state index in [2.05, 4.69) is 30.3 Å². The summed E-state index contributed by atoms with van der Waals surface area (Å²) < 4.78 is 10.7. The van der Waals surface area contributed by atoms with E-state index in [0.717, 1.165) is 10.2 Å². The maximum atomic E-state index is 11.8. The van der Waals surface area contributed by atoms with Gasteiger partial charge in [0.05, 0.1) is 34.9 Å². The zero-order chi connectivity index (χ0) is 22.7. The quantitative estimate of drug-likeness (QED) is 0.237. The van der Waals surface area contributed by atoms with Crippen LogP contribution >= 0.6 is 11.3 Å². The molecule has 0 amide bonds. The van der Waals surface area contributed by atoms with Crippen molar-refractivity contribution >= 4 is 55.7 Å². The van der Waals surface area contributed by atoms with Gasteiger partial charge in [-0.3, -0.25) is 10.1 Å². The van der Waals surface area contributed by atoms with Crippen LogP contribution < -0.4 is 15.4 Å². The molecule has 4 rings (SSSR count). The molecule has 0 radical (unpaired) electrons. The summed E-state index contributed by atoms with van der Waals surface area (Å²) in [5, 5.41) is 18.0. The normalized spacial score (nSPS) is 10.6. The number of fused-ring (bicyclic) bond motifs is 1. The number of anilines is 4. The van der Waals surface area contributed by atoms with Crippen molar-refractivity contribution in [2.75, 3.05) is 24.9 Å². The van der Waals surface area contributed by atoms with Gasteiger partial charge < -0.3 is 20.1 Å². The first-order valence-corrected chi connectivity index (χ1v) is 9.96. The molecule has 0 saturated heterocycles. The fraction of sp³-hybridized carbons (Fsp3) is 0.100. The van der Waals surface area contributed by atoms with Gasteiger partial charge in [0.25, 0.3) is 0 Å². The molecule has 11 nitrogen and oxygen atoms in total. The molecule has 0 fully saturated rings. The third-order valence-electron chi connectivity index (χ3n) is 4.39. The molecule has 0 aliphatic carbocycles. The van der Waals surface area contributed by atoms with Gasteiger partial charge in [-0.05, 0) is 42.5 Å². The van der Waals surface area contributed by atoms with Crippen LogP contribution in [-0.2, 0) is 4.74 Å². The summed E-state index contributed by atoms with van der Waals surface area (Å²) in [5.41, 5.74) is 1.22. The Kier molecular flexibility index (Phi) is 5.77. The minimum absolute atomic E-state index is 0.00954. The number of carbonyl (C=O) groups is 1. The molecule has 162 valence electrons. The lowest BCUT2D eigenvalue weighted by Gasteiger charge is -2.09. The Morgan fingerprint density at radius 1 is 1.06 bits per heavy atom. The summed E-state index contributed by atoms with van der Waals surface area (Å²) in [4.78, 5) is 35.3. The van der Waals surface area contributed by atoms with Crippen LogP contribution in [0.2, 0.25) is 0 Å². The Hall–Kier alpha value is -4.32. The van der Waals surface area contributed by atoms with Crippen molar-refractivity contribution < 1.29 is 19.2 Å². The van der Waals surface area contributed by atoms with Crippen molar-refractivity contribution in [2.24, 2.45) is 0 Å². The van der Waals surface area contributed by atoms with Crippen molar-refractivity contribution in [3.8, 4) is 5.75 Å². The topological polar surface area (TPSA) is 141 Å². The van der Waals surface area contributed by atoms with Crippen LogP contribution in [0.4, 0.5) is 28.1 Å². The predicted molar refractivity (Wildman–Crippen MR) is 119 cm³/mol. The average Bonchev–Trinajstić information content (AvgIpc) is 3.20. The highest BCUT2D eigenvalue weighted by Gasteiger charge is 2.24. The second kappa shape index (κ2) is 8.81. The molecular formula is C20H16N6O5S. The van der Waals surface area contributed by atoms with Crippen LogP contribution in [-0.4, -0.2) is 40.1 Å². The molecule has 0 aliphatic rings. The fourth-order valence-corrected chi connectivity index (χ4v) is 3.76. The molecule has 2 heterocycles. The summed E-state index contributed by atoms with van der Waals surface area (Å²) >= 11 is 1.31. The minimum Gasteiger partial charge on any atom is -0.497 e. The summed E-state index contributed by atoms with van der Waals surface area (Å²) in [6.45, 7) is 0. The van der Waals surface area contributed by atoms with E-state index >= 15 is 0 Å². The van der Waals surface area contributed by atoms with Gasteiger partial charge >= 0.3 is 11.7 Å². The van der Waals surface area contributed by atoms with Crippen LogP contribution in [0.3, 0.4) is 0 Å². The third-order valence-corrected chi connectivity index (χ3v) is 5.33. The Morgan fingerprint density at radius 2 is 1.78 bits per heavy atom. The molecule has 2 aromatic heterocycles. The van der Waals surface area contributed by atoms with E-state index in [1.165, 1.54) is 36.9 Å². The number of methoxy groups -OCH3 is 2. The number of thiazole rings is 1. The lowest BCUT2D eigenvalue weighted by Crippen LogP contribution is -2.06. The molecule has 32 heavy (non-hydrogen) atoms.